The van der Waals surface area contributed by atoms with Gasteiger partial charge in [0.1, 0.15) is 0 Å². The predicted molar refractivity (Wildman–Crippen MR) is 80.2 cm³/mol. The molecule has 0 aromatic carbocycles. The second-order valence-corrected chi connectivity index (χ2v) is 6.88. The maximum absolute atomic E-state index is 6.07. The van der Waals surface area contributed by atoms with Crippen molar-refractivity contribution in [3.8, 4) is 0 Å². The number of nitrogens with zero attached hydrogens (tertiary/aromatic N) is 1. The van der Waals surface area contributed by atoms with Crippen LogP contribution < -0.4 is 5.73 Å². The molecule has 0 saturated carbocycles. The highest BCUT2D eigenvalue weighted by Crippen LogP contribution is 2.30. The number of hydrogen-bond donors (Lipinski definition) is 1. The standard InChI is InChI=1S/C15H26N2S/c1-12-10-14(13(2)18-12)15(11-16)17-8-6-4-3-5-7-9-17/h10,15H,3-9,11,16H2,1-2H3. The SMILES string of the molecule is Cc1cc(C(CN)N2CCCCCCC2)c(C)s1. The van der Waals surface area contributed by atoms with E-state index in [1.807, 2.05) is 11.3 Å². The number of aryl methyl sites for hydroxylation is 2. The lowest BCUT2D eigenvalue weighted by atomic mass is 10.0. The third-order valence-electron chi connectivity index (χ3n) is 3.99. The van der Waals surface area contributed by atoms with E-state index in [4.69, 9.17) is 5.73 Å². The minimum Gasteiger partial charge on any atom is -0.329 e. The molecular weight excluding hydrogens is 240 g/mol. The molecule has 1 aliphatic heterocycles. The molecule has 1 aromatic heterocycles. The molecule has 3 heteroatoms. The van der Waals surface area contributed by atoms with Crippen LogP contribution in [0, 0.1) is 13.8 Å². The normalized spacial score (nSPS) is 20.4. The topological polar surface area (TPSA) is 29.3 Å². The van der Waals surface area contributed by atoms with Crippen molar-refractivity contribution in [1.82, 2.24) is 4.90 Å². The van der Waals surface area contributed by atoms with Crippen molar-refractivity contribution in [2.45, 2.75) is 52.0 Å². The lowest BCUT2D eigenvalue weighted by Gasteiger charge is -2.32. The zero-order valence-corrected chi connectivity index (χ0v) is 12.6. The van der Waals surface area contributed by atoms with Gasteiger partial charge in [-0.15, -0.1) is 11.3 Å². The summed E-state index contributed by atoms with van der Waals surface area (Å²) in [6.45, 7) is 7.62. The average Bonchev–Trinajstić information content (AvgIpc) is 2.62. The Balaban J connectivity index is 2.13. The summed E-state index contributed by atoms with van der Waals surface area (Å²) in [4.78, 5) is 5.48. The molecule has 1 atom stereocenters. The smallest absolute Gasteiger partial charge is 0.0481 e. The molecule has 1 unspecified atom stereocenters. The highest BCUT2D eigenvalue weighted by molar-refractivity contribution is 7.12. The maximum atomic E-state index is 6.07. The Morgan fingerprint density at radius 1 is 1.17 bits per heavy atom. The Labute approximate surface area is 115 Å². The summed E-state index contributed by atoms with van der Waals surface area (Å²) in [5.41, 5.74) is 7.54. The predicted octanol–water partition coefficient (Wildman–Crippen LogP) is 3.63. The molecule has 2 heterocycles. The Morgan fingerprint density at radius 2 is 1.78 bits per heavy atom. The van der Waals surface area contributed by atoms with Crippen molar-refractivity contribution in [3.05, 3.63) is 21.4 Å². The zero-order chi connectivity index (χ0) is 13.0. The van der Waals surface area contributed by atoms with E-state index < -0.39 is 0 Å². The molecule has 0 spiro atoms. The second-order valence-electron chi connectivity index (χ2n) is 5.42. The van der Waals surface area contributed by atoms with Gasteiger partial charge < -0.3 is 5.73 Å². The van der Waals surface area contributed by atoms with Gasteiger partial charge in [-0.25, -0.2) is 0 Å². The third-order valence-corrected chi connectivity index (χ3v) is 4.97. The summed E-state index contributed by atoms with van der Waals surface area (Å²) < 4.78 is 0. The van der Waals surface area contributed by atoms with E-state index in [-0.39, 0.29) is 0 Å². The molecule has 2 rings (SSSR count). The van der Waals surface area contributed by atoms with Gasteiger partial charge in [-0.3, -0.25) is 4.90 Å². The highest BCUT2D eigenvalue weighted by atomic mass is 32.1. The fourth-order valence-corrected chi connectivity index (χ4v) is 4.02. The van der Waals surface area contributed by atoms with Gasteiger partial charge in [0, 0.05) is 22.3 Å². The van der Waals surface area contributed by atoms with Crippen LogP contribution in [0.2, 0.25) is 0 Å². The van der Waals surface area contributed by atoms with Gasteiger partial charge in [0.25, 0.3) is 0 Å². The molecule has 1 aliphatic rings. The Kier molecular flexibility index (Phi) is 5.22. The van der Waals surface area contributed by atoms with Gasteiger partial charge in [-0.05, 0) is 51.4 Å². The minimum absolute atomic E-state index is 0.438. The van der Waals surface area contributed by atoms with E-state index in [1.54, 1.807) is 0 Å². The van der Waals surface area contributed by atoms with Crippen molar-refractivity contribution in [1.29, 1.82) is 0 Å². The van der Waals surface area contributed by atoms with Crippen molar-refractivity contribution < 1.29 is 0 Å². The quantitative estimate of drug-likeness (QED) is 0.905. The van der Waals surface area contributed by atoms with E-state index in [0.29, 0.717) is 6.04 Å². The lowest BCUT2D eigenvalue weighted by Crippen LogP contribution is -2.36. The van der Waals surface area contributed by atoms with Crippen LogP contribution in [0.1, 0.15) is 53.5 Å². The third kappa shape index (κ3) is 3.34. The number of likely N-dealkylation sites (tertiary alicyclic amines) is 1. The minimum atomic E-state index is 0.438. The van der Waals surface area contributed by atoms with Gasteiger partial charge in [0.15, 0.2) is 0 Å². The summed E-state index contributed by atoms with van der Waals surface area (Å²) >= 11 is 1.90. The zero-order valence-electron chi connectivity index (χ0n) is 11.7. The maximum Gasteiger partial charge on any atom is 0.0481 e. The first kappa shape index (κ1) is 14.0. The van der Waals surface area contributed by atoms with Crippen LogP contribution in [0.15, 0.2) is 6.07 Å². The largest absolute Gasteiger partial charge is 0.329 e. The second kappa shape index (κ2) is 6.69. The molecular formula is C15H26N2S. The average molecular weight is 266 g/mol. The van der Waals surface area contributed by atoms with Crippen LogP contribution in [0.25, 0.3) is 0 Å². The van der Waals surface area contributed by atoms with E-state index in [0.717, 1.165) is 6.54 Å². The lowest BCUT2D eigenvalue weighted by molar-refractivity contribution is 0.183. The first-order valence-electron chi connectivity index (χ1n) is 7.23. The van der Waals surface area contributed by atoms with Crippen LogP contribution in [0.5, 0.6) is 0 Å². The Morgan fingerprint density at radius 3 is 2.28 bits per heavy atom. The summed E-state index contributed by atoms with van der Waals surface area (Å²) in [5, 5.41) is 0. The van der Waals surface area contributed by atoms with Crippen LogP contribution in [-0.2, 0) is 0 Å². The Bertz CT molecular complexity index is 365. The molecule has 102 valence electrons. The van der Waals surface area contributed by atoms with Crippen LogP contribution in [0.4, 0.5) is 0 Å². The van der Waals surface area contributed by atoms with Crippen LogP contribution in [0.3, 0.4) is 0 Å². The van der Waals surface area contributed by atoms with Gasteiger partial charge in [-0.1, -0.05) is 19.3 Å². The van der Waals surface area contributed by atoms with E-state index in [2.05, 4.69) is 24.8 Å². The van der Waals surface area contributed by atoms with Crippen molar-refractivity contribution in [2.24, 2.45) is 5.73 Å². The van der Waals surface area contributed by atoms with Gasteiger partial charge in [0.2, 0.25) is 0 Å². The van der Waals surface area contributed by atoms with Gasteiger partial charge >= 0.3 is 0 Å². The number of thiophene rings is 1. The first-order valence-corrected chi connectivity index (χ1v) is 8.05. The molecule has 2 N–H and O–H groups in total. The summed E-state index contributed by atoms with van der Waals surface area (Å²) in [5.74, 6) is 0. The van der Waals surface area contributed by atoms with Gasteiger partial charge in [-0.2, -0.15) is 0 Å². The number of hydrogen-bond acceptors (Lipinski definition) is 3. The molecule has 2 nitrogen and oxygen atoms in total. The fraction of sp³-hybridized carbons (Fsp3) is 0.733. The van der Waals surface area contributed by atoms with E-state index in [1.165, 1.54) is 60.5 Å². The first-order chi connectivity index (χ1) is 8.72. The fourth-order valence-electron chi connectivity index (χ4n) is 3.04. The summed E-state index contributed by atoms with van der Waals surface area (Å²) in [6.07, 6.45) is 6.85. The molecule has 0 bridgehead atoms. The molecule has 1 aromatic rings. The highest BCUT2D eigenvalue weighted by Gasteiger charge is 2.22. The number of rotatable bonds is 3. The van der Waals surface area contributed by atoms with Crippen LogP contribution >= 0.6 is 11.3 Å². The molecule has 18 heavy (non-hydrogen) atoms. The molecule has 0 amide bonds. The Hall–Kier alpha value is -0.380. The molecule has 0 aliphatic carbocycles. The summed E-state index contributed by atoms with van der Waals surface area (Å²) in [7, 11) is 0. The van der Waals surface area contributed by atoms with E-state index in [9.17, 15) is 0 Å². The van der Waals surface area contributed by atoms with Crippen molar-refractivity contribution >= 4 is 11.3 Å². The summed E-state index contributed by atoms with van der Waals surface area (Å²) in [6, 6.07) is 2.78. The molecule has 0 radical (unpaired) electrons. The van der Waals surface area contributed by atoms with E-state index >= 15 is 0 Å². The van der Waals surface area contributed by atoms with Crippen LogP contribution in [-0.4, -0.2) is 24.5 Å². The van der Waals surface area contributed by atoms with Crippen molar-refractivity contribution in [2.75, 3.05) is 19.6 Å². The van der Waals surface area contributed by atoms with Crippen molar-refractivity contribution in [3.63, 3.8) is 0 Å². The molecule has 1 saturated heterocycles. The monoisotopic (exact) mass is 266 g/mol. The number of nitrogens with two attached hydrogens (primary N) is 1. The van der Waals surface area contributed by atoms with Gasteiger partial charge in [0.05, 0.1) is 0 Å². The molecule has 1 fully saturated rings.